The van der Waals surface area contributed by atoms with Gasteiger partial charge in [0, 0.05) is 23.8 Å². The Balaban J connectivity index is 2.73. The van der Waals surface area contributed by atoms with Crippen molar-refractivity contribution in [3.8, 4) is 0 Å². The Hall–Kier alpha value is -1.64. The molecule has 15 heavy (non-hydrogen) atoms. The molecule has 0 saturated carbocycles. The molecule has 2 aromatic rings. The van der Waals surface area contributed by atoms with Gasteiger partial charge in [0.05, 0.1) is 0 Å². The topological polar surface area (TPSA) is 24.9 Å². The second-order valence-electron chi connectivity index (χ2n) is 3.53. The maximum absolute atomic E-state index is 13.6. The minimum absolute atomic E-state index is 0.259. The van der Waals surface area contributed by atoms with Gasteiger partial charge >= 0.3 is 0 Å². The monoisotopic (exact) mass is 204 g/mol. The molecule has 1 aromatic heterocycles. The minimum Gasteiger partial charge on any atom is -0.385 e. The Morgan fingerprint density at radius 3 is 2.93 bits per heavy atom. The van der Waals surface area contributed by atoms with Crippen molar-refractivity contribution in [1.29, 1.82) is 0 Å². The zero-order valence-electron chi connectivity index (χ0n) is 8.84. The highest BCUT2D eigenvalue weighted by Crippen LogP contribution is 2.24. The van der Waals surface area contributed by atoms with Crippen molar-refractivity contribution < 1.29 is 4.39 Å². The van der Waals surface area contributed by atoms with Gasteiger partial charge in [0.2, 0.25) is 0 Å². The molecule has 0 fully saturated rings. The van der Waals surface area contributed by atoms with Crippen LogP contribution in [0, 0.1) is 12.7 Å². The Kier molecular flexibility index (Phi) is 2.54. The molecular formula is C12H13FN2. The van der Waals surface area contributed by atoms with E-state index in [0.29, 0.717) is 5.52 Å². The summed E-state index contributed by atoms with van der Waals surface area (Å²) in [5.41, 5.74) is 2.27. The Bertz CT molecular complexity index is 494. The van der Waals surface area contributed by atoms with Crippen LogP contribution >= 0.6 is 0 Å². The average molecular weight is 204 g/mol. The summed E-state index contributed by atoms with van der Waals surface area (Å²) < 4.78 is 13.6. The highest BCUT2D eigenvalue weighted by molar-refractivity contribution is 5.91. The van der Waals surface area contributed by atoms with E-state index >= 15 is 0 Å². The molecule has 3 heteroatoms. The van der Waals surface area contributed by atoms with Crippen molar-refractivity contribution in [3.63, 3.8) is 0 Å². The average Bonchev–Trinajstić information content (AvgIpc) is 2.19. The zero-order chi connectivity index (χ0) is 10.8. The number of benzene rings is 1. The Labute approximate surface area is 88.1 Å². The minimum atomic E-state index is -0.259. The highest BCUT2D eigenvalue weighted by atomic mass is 19.1. The van der Waals surface area contributed by atoms with Crippen LogP contribution in [-0.2, 0) is 0 Å². The van der Waals surface area contributed by atoms with E-state index in [1.54, 1.807) is 6.20 Å². The summed E-state index contributed by atoms with van der Waals surface area (Å²) in [6.45, 7) is 4.71. The Morgan fingerprint density at radius 2 is 2.20 bits per heavy atom. The van der Waals surface area contributed by atoms with Crippen molar-refractivity contribution in [1.82, 2.24) is 4.98 Å². The lowest BCUT2D eigenvalue weighted by Gasteiger charge is -2.08. The summed E-state index contributed by atoms with van der Waals surface area (Å²) >= 11 is 0. The third-order valence-electron chi connectivity index (χ3n) is 2.31. The van der Waals surface area contributed by atoms with Gasteiger partial charge < -0.3 is 5.32 Å². The number of hydrogen-bond donors (Lipinski definition) is 1. The van der Waals surface area contributed by atoms with E-state index < -0.39 is 0 Å². The molecule has 0 bridgehead atoms. The molecule has 0 amide bonds. The summed E-state index contributed by atoms with van der Waals surface area (Å²) in [6.07, 6.45) is 1.62. The molecule has 1 N–H and O–H groups in total. The van der Waals surface area contributed by atoms with E-state index in [2.05, 4.69) is 10.3 Å². The Morgan fingerprint density at radius 1 is 1.40 bits per heavy atom. The van der Waals surface area contributed by atoms with Gasteiger partial charge in [-0.1, -0.05) is 0 Å². The highest BCUT2D eigenvalue weighted by Gasteiger charge is 2.06. The first-order valence-corrected chi connectivity index (χ1v) is 5.01. The molecule has 0 spiro atoms. The molecule has 2 rings (SSSR count). The van der Waals surface area contributed by atoms with Crippen molar-refractivity contribution in [2.45, 2.75) is 13.8 Å². The fourth-order valence-corrected chi connectivity index (χ4v) is 1.69. The first-order chi connectivity index (χ1) is 7.22. The fraction of sp³-hybridized carbons (Fsp3) is 0.250. The van der Waals surface area contributed by atoms with E-state index in [-0.39, 0.29) is 5.82 Å². The quantitative estimate of drug-likeness (QED) is 0.813. The standard InChI is InChI=1S/C12H13FN2/c1-3-14-11-4-5-15-12-9(11)6-8(2)7-10(12)13/h4-7H,3H2,1-2H3,(H,14,15). The molecular weight excluding hydrogens is 191 g/mol. The predicted octanol–water partition coefficient (Wildman–Crippen LogP) is 3.11. The number of fused-ring (bicyclic) bond motifs is 1. The maximum atomic E-state index is 13.6. The molecule has 0 aliphatic heterocycles. The van der Waals surface area contributed by atoms with Gasteiger partial charge in [-0.25, -0.2) is 4.39 Å². The van der Waals surface area contributed by atoms with Gasteiger partial charge in [0.25, 0.3) is 0 Å². The van der Waals surface area contributed by atoms with Crippen molar-refractivity contribution in [2.75, 3.05) is 11.9 Å². The second kappa shape index (κ2) is 3.85. The lowest BCUT2D eigenvalue weighted by molar-refractivity contribution is 0.635. The lowest BCUT2D eigenvalue weighted by atomic mass is 10.1. The second-order valence-corrected chi connectivity index (χ2v) is 3.53. The molecule has 0 aliphatic rings. The summed E-state index contributed by atoms with van der Waals surface area (Å²) in [4.78, 5) is 4.05. The SMILES string of the molecule is CCNc1ccnc2c(F)cc(C)cc12. The van der Waals surface area contributed by atoms with Crippen LogP contribution in [0.25, 0.3) is 10.9 Å². The maximum Gasteiger partial charge on any atom is 0.149 e. The van der Waals surface area contributed by atoms with E-state index in [0.717, 1.165) is 23.2 Å². The van der Waals surface area contributed by atoms with Crippen molar-refractivity contribution >= 4 is 16.6 Å². The number of halogens is 1. The fourth-order valence-electron chi connectivity index (χ4n) is 1.69. The number of anilines is 1. The van der Waals surface area contributed by atoms with Crippen LogP contribution in [0.1, 0.15) is 12.5 Å². The van der Waals surface area contributed by atoms with Crippen molar-refractivity contribution in [2.24, 2.45) is 0 Å². The van der Waals surface area contributed by atoms with Crippen LogP contribution in [0.5, 0.6) is 0 Å². The lowest BCUT2D eigenvalue weighted by Crippen LogP contribution is -1.98. The summed E-state index contributed by atoms with van der Waals surface area (Å²) in [6, 6.07) is 5.32. The summed E-state index contributed by atoms with van der Waals surface area (Å²) in [5.74, 6) is -0.259. The third-order valence-corrected chi connectivity index (χ3v) is 2.31. The molecule has 0 radical (unpaired) electrons. The number of pyridine rings is 1. The number of aromatic nitrogens is 1. The largest absolute Gasteiger partial charge is 0.385 e. The molecule has 1 heterocycles. The van der Waals surface area contributed by atoms with Gasteiger partial charge in [-0.15, -0.1) is 0 Å². The molecule has 78 valence electrons. The van der Waals surface area contributed by atoms with Gasteiger partial charge in [0.1, 0.15) is 11.3 Å². The predicted molar refractivity (Wildman–Crippen MR) is 60.6 cm³/mol. The van der Waals surface area contributed by atoms with Gasteiger partial charge in [0.15, 0.2) is 0 Å². The van der Waals surface area contributed by atoms with E-state index in [1.807, 2.05) is 26.0 Å². The van der Waals surface area contributed by atoms with E-state index in [1.165, 1.54) is 6.07 Å². The van der Waals surface area contributed by atoms with E-state index in [9.17, 15) is 4.39 Å². The van der Waals surface area contributed by atoms with Gasteiger partial charge in [-0.3, -0.25) is 4.98 Å². The first kappa shape index (κ1) is 9.90. The number of nitrogens with zero attached hydrogens (tertiary/aromatic N) is 1. The van der Waals surface area contributed by atoms with Gasteiger partial charge in [-0.05, 0) is 37.6 Å². The summed E-state index contributed by atoms with van der Waals surface area (Å²) in [5, 5.41) is 4.04. The molecule has 2 nitrogen and oxygen atoms in total. The van der Waals surface area contributed by atoms with Crippen LogP contribution in [0.3, 0.4) is 0 Å². The van der Waals surface area contributed by atoms with Crippen LogP contribution in [-0.4, -0.2) is 11.5 Å². The molecule has 0 aliphatic carbocycles. The molecule has 1 aromatic carbocycles. The number of hydrogen-bond acceptors (Lipinski definition) is 2. The van der Waals surface area contributed by atoms with Gasteiger partial charge in [-0.2, -0.15) is 0 Å². The van der Waals surface area contributed by atoms with Crippen LogP contribution in [0.4, 0.5) is 10.1 Å². The van der Waals surface area contributed by atoms with Crippen LogP contribution in [0.15, 0.2) is 24.4 Å². The normalized spacial score (nSPS) is 10.6. The van der Waals surface area contributed by atoms with Crippen LogP contribution in [0.2, 0.25) is 0 Å². The molecule has 0 atom stereocenters. The molecule has 0 unspecified atom stereocenters. The van der Waals surface area contributed by atoms with E-state index in [4.69, 9.17) is 0 Å². The number of rotatable bonds is 2. The van der Waals surface area contributed by atoms with Crippen molar-refractivity contribution in [3.05, 3.63) is 35.8 Å². The smallest absolute Gasteiger partial charge is 0.149 e. The summed E-state index contributed by atoms with van der Waals surface area (Å²) in [7, 11) is 0. The van der Waals surface area contributed by atoms with Crippen LogP contribution < -0.4 is 5.32 Å². The number of aryl methyl sites for hydroxylation is 1. The third kappa shape index (κ3) is 1.77. The zero-order valence-corrected chi connectivity index (χ0v) is 8.84. The first-order valence-electron chi connectivity index (χ1n) is 5.01. The number of nitrogens with one attached hydrogen (secondary N) is 1. The molecule has 0 saturated heterocycles.